The van der Waals surface area contributed by atoms with Crippen molar-refractivity contribution in [2.75, 3.05) is 0 Å². The Morgan fingerprint density at radius 2 is 2.06 bits per heavy atom. The summed E-state index contributed by atoms with van der Waals surface area (Å²) in [6.07, 6.45) is 0. The maximum atomic E-state index is 11.8. The molecule has 0 bridgehead atoms. The highest BCUT2D eigenvalue weighted by atomic mass is 16.2. The second-order valence-electron chi connectivity index (χ2n) is 5.20. The molecule has 0 radical (unpaired) electrons. The first-order valence-electron chi connectivity index (χ1n) is 5.62. The quantitative estimate of drug-likeness (QED) is 0.849. The van der Waals surface area contributed by atoms with Crippen LogP contribution in [0, 0.1) is 23.7 Å². The zero-order valence-electron chi connectivity index (χ0n) is 10.7. The molecular weight excluding hydrogens is 212 g/mol. The minimum atomic E-state index is -0.582. The van der Waals surface area contributed by atoms with Crippen molar-refractivity contribution in [2.24, 2.45) is 5.41 Å². The highest BCUT2D eigenvalue weighted by Gasteiger charge is 2.24. The molecule has 0 aromatic heterocycles. The maximum Gasteiger partial charge on any atom is 0.226 e. The SMILES string of the molecule is Cc1cccc(C(C#N)NC(=O)C(C)(C)C)c1. The fraction of sp³-hybridized carbons (Fsp3) is 0.429. The van der Waals surface area contributed by atoms with E-state index in [1.54, 1.807) is 0 Å². The molecule has 1 aromatic carbocycles. The van der Waals surface area contributed by atoms with Crippen LogP contribution >= 0.6 is 0 Å². The van der Waals surface area contributed by atoms with Gasteiger partial charge in [0.15, 0.2) is 0 Å². The van der Waals surface area contributed by atoms with Crippen LogP contribution in [-0.4, -0.2) is 5.91 Å². The topological polar surface area (TPSA) is 52.9 Å². The van der Waals surface area contributed by atoms with Crippen molar-refractivity contribution in [1.82, 2.24) is 5.32 Å². The molecular formula is C14H18N2O. The molecule has 1 rings (SSSR count). The van der Waals surface area contributed by atoms with Gasteiger partial charge in [0.25, 0.3) is 0 Å². The predicted molar refractivity (Wildman–Crippen MR) is 67.1 cm³/mol. The molecule has 0 saturated carbocycles. The van der Waals surface area contributed by atoms with Crippen LogP contribution in [0.4, 0.5) is 0 Å². The first-order valence-corrected chi connectivity index (χ1v) is 5.62. The number of aryl methyl sites for hydroxylation is 1. The summed E-state index contributed by atoms with van der Waals surface area (Å²) in [6.45, 7) is 7.44. The summed E-state index contributed by atoms with van der Waals surface area (Å²) in [6, 6.07) is 9.15. The summed E-state index contributed by atoms with van der Waals surface area (Å²) in [5, 5.41) is 11.9. The van der Waals surface area contributed by atoms with E-state index >= 15 is 0 Å². The van der Waals surface area contributed by atoms with E-state index < -0.39 is 11.5 Å². The standard InChI is InChI=1S/C14H18N2O/c1-10-6-5-7-11(8-10)12(9-15)16-13(17)14(2,3)4/h5-8,12H,1-4H3,(H,16,17). The smallest absolute Gasteiger partial charge is 0.226 e. The van der Waals surface area contributed by atoms with E-state index in [-0.39, 0.29) is 5.91 Å². The van der Waals surface area contributed by atoms with Gasteiger partial charge in [-0.3, -0.25) is 4.79 Å². The molecule has 1 N–H and O–H groups in total. The van der Waals surface area contributed by atoms with Gasteiger partial charge in [0.2, 0.25) is 5.91 Å². The highest BCUT2D eigenvalue weighted by molar-refractivity contribution is 5.82. The monoisotopic (exact) mass is 230 g/mol. The Hall–Kier alpha value is -1.82. The number of nitrogens with zero attached hydrogens (tertiary/aromatic N) is 1. The number of hydrogen-bond donors (Lipinski definition) is 1. The number of nitrogens with one attached hydrogen (secondary N) is 1. The third-order valence-electron chi connectivity index (χ3n) is 2.46. The molecule has 0 aliphatic heterocycles. The lowest BCUT2D eigenvalue weighted by Gasteiger charge is -2.20. The highest BCUT2D eigenvalue weighted by Crippen LogP contribution is 2.18. The number of hydrogen-bond acceptors (Lipinski definition) is 2. The molecule has 1 aromatic rings. The summed E-state index contributed by atoms with van der Waals surface area (Å²) in [4.78, 5) is 11.8. The minimum absolute atomic E-state index is 0.120. The van der Waals surface area contributed by atoms with Crippen LogP contribution in [0.2, 0.25) is 0 Å². The van der Waals surface area contributed by atoms with Crippen LogP contribution in [0.15, 0.2) is 24.3 Å². The number of nitriles is 1. The van der Waals surface area contributed by atoms with Gasteiger partial charge < -0.3 is 5.32 Å². The summed E-state index contributed by atoms with van der Waals surface area (Å²) in [5.74, 6) is -0.120. The van der Waals surface area contributed by atoms with Crippen molar-refractivity contribution in [2.45, 2.75) is 33.7 Å². The van der Waals surface area contributed by atoms with Crippen molar-refractivity contribution in [3.8, 4) is 6.07 Å². The Labute approximate surface area is 102 Å². The number of amides is 1. The fourth-order valence-corrected chi connectivity index (χ4v) is 1.39. The largest absolute Gasteiger partial charge is 0.336 e. The molecule has 0 heterocycles. The Morgan fingerprint density at radius 1 is 1.41 bits per heavy atom. The van der Waals surface area contributed by atoms with Crippen molar-refractivity contribution in [3.63, 3.8) is 0 Å². The number of carbonyl (C=O) groups excluding carboxylic acids is 1. The average Bonchev–Trinajstić information content (AvgIpc) is 2.24. The van der Waals surface area contributed by atoms with Gasteiger partial charge in [-0.15, -0.1) is 0 Å². The summed E-state index contributed by atoms with van der Waals surface area (Å²) < 4.78 is 0. The molecule has 90 valence electrons. The van der Waals surface area contributed by atoms with Gasteiger partial charge >= 0.3 is 0 Å². The molecule has 0 aliphatic rings. The Bertz CT molecular complexity index is 452. The zero-order chi connectivity index (χ0) is 13.1. The Morgan fingerprint density at radius 3 is 2.53 bits per heavy atom. The van der Waals surface area contributed by atoms with Crippen LogP contribution < -0.4 is 5.32 Å². The molecule has 1 unspecified atom stereocenters. The lowest BCUT2D eigenvalue weighted by Crippen LogP contribution is -2.36. The first kappa shape index (κ1) is 13.2. The van der Waals surface area contributed by atoms with E-state index in [2.05, 4.69) is 11.4 Å². The fourth-order valence-electron chi connectivity index (χ4n) is 1.39. The van der Waals surface area contributed by atoms with Gasteiger partial charge in [0, 0.05) is 5.41 Å². The van der Waals surface area contributed by atoms with E-state index in [1.165, 1.54) is 0 Å². The summed E-state index contributed by atoms with van der Waals surface area (Å²) in [7, 11) is 0. The van der Waals surface area contributed by atoms with Crippen LogP contribution in [-0.2, 0) is 4.79 Å². The molecule has 1 atom stereocenters. The molecule has 0 aliphatic carbocycles. The van der Waals surface area contributed by atoms with Crippen molar-refractivity contribution in [1.29, 1.82) is 5.26 Å². The zero-order valence-corrected chi connectivity index (χ0v) is 10.7. The van der Waals surface area contributed by atoms with Gasteiger partial charge in [-0.05, 0) is 12.5 Å². The van der Waals surface area contributed by atoms with Crippen molar-refractivity contribution in [3.05, 3.63) is 35.4 Å². The van der Waals surface area contributed by atoms with Gasteiger partial charge in [0.05, 0.1) is 6.07 Å². The Kier molecular flexibility index (Phi) is 3.90. The van der Waals surface area contributed by atoms with E-state index in [9.17, 15) is 4.79 Å². The molecule has 1 amide bonds. The van der Waals surface area contributed by atoms with Gasteiger partial charge in [0.1, 0.15) is 6.04 Å². The molecule has 17 heavy (non-hydrogen) atoms. The molecule has 0 fully saturated rings. The van der Waals surface area contributed by atoms with Gasteiger partial charge in [-0.25, -0.2) is 0 Å². The second-order valence-corrected chi connectivity index (χ2v) is 5.20. The van der Waals surface area contributed by atoms with Crippen LogP contribution in [0.1, 0.15) is 37.9 Å². The third kappa shape index (κ3) is 3.60. The summed E-state index contributed by atoms with van der Waals surface area (Å²) >= 11 is 0. The van der Waals surface area contributed by atoms with E-state index in [1.807, 2.05) is 52.0 Å². The lowest BCUT2D eigenvalue weighted by molar-refractivity contribution is -0.128. The van der Waals surface area contributed by atoms with Gasteiger partial charge in [-0.1, -0.05) is 50.6 Å². The van der Waals surface area contributed by atoms with Crippen molar-refractivity contribution < 1.29 is 4.79 Å². The third-order valence-corrected chi connectivity index (χ3v) is 2.46. The van der Waals surface area contributed by atoms with Crippen LogP contribution in [0.5, 0.6) is 0 Å². The number of rotatable bonds is 2. The predicted octanol–water partition coefficient (Wildman–Crippen LogP) is 2.72. The van der Waals surface area contributed by atoms with E-state index in [4.69, 9.17) is 5.26 Å². The molecule has 0 saturated heterocycles. The normalized spacial score (nSPS) is 12.6. The first-order chi connectivity index (χ1) is 7.84. The molecule has 3 heteroatoms. The van der Waals surface area contributed by atoms with Crippen LogP contribution in [0.25, 0.3) is 0 Å². The van der Waals surface area contributed by atoms with Gasteiger partial charge in [-0.2, -0.15) is 5.26 Å². The average molecular weight is 230 g/mol. The Balaban J connectivity index is 2.88. The maximum absolute atomic E-state index is 11.8. The number of carbonyl (C=O) groups is 1. The lowest BCUT2D eigenvalue weighted by atomic mass is 9.94. The van der Waals surface area contributed by atoms with E-state index in [0.29, 0.717) is 0 Å². The number of benzene rings is 1. The van der Waals surface area contributed by atoms with E-state index in [0.717, 1.165) is 11.1 Å². The van der Waals surface area contributed by atoms with Crippen LogP contribution in [0.3, 0.4) is 0 Å². The molecule has 3 nitrogen and oxygen atoms in total. The second kappa shape index (κ2) is 5.01. The van der Waals surface area contributed by atoms with Crippen molar-refractivity contribution >= 4 is 5.91 Å². The summed E-state index contributed by atoms with van der Waals surface area (Å²) in [5.41, 5.74) is 1.41. The minimum Gasteiger partial charge on any atom is -0.336 e. The molecule has 0 spiro atoms.